The summed E-state index contributed by atoms with van der Waals surface area (Å²) < 4.78 is 12.3. The molecule has 108 valence electrons. The molecule has 1 aliphatic heterocycles. The number of hydrogen-bond donors (Lipinski definition) is 1. The highest BCUT2D eigenvalue weighted by molar-refractivity contribution is 9.10. The summed E-state index contributed by atoms with van der Waals surface area (Å²) in [7, 11) is 0. The summed E-state index contributed by atoms with van der Waals surface area (Å²) in [6, 6.07) is 13.2. The number of nitrogens with one attached hydrogen (secondary N) is 1. The second kappa shape index (κ2) is 6.18. The van der Waals surface area contributed by atoms with Crippen molar-refractivity contribution in [2.75, 3.05) is 13.2 Å². The Hall–Kier alpha value is -2.01. The van der Waals surface area contributed by atoms with Gasteiger partial charge in [0.05, 0.1) is 12.1 Å². The van der Waals surface area contributed by atoms with E-state index in [2.05, 4.69) is 21.2 Å². The zero-order valence-corrected chi connectivity index (χ0v) is 12.9. The fourth-order valence-electron chi connectivity index (χ4n) is 2.10. The van der Waals surface area contributed by atoms with Crippen molar-refractivity contribution in [1.29, 1.82) is 0 Å². The Labute approximate surface area is 131 Å². The molecule has 0 saturated carbocycles. The van der Waals surface area contributed by atoms with Gasteiger partial charge in [0.25, 0.3) is 5.91 Å². The van der Waals surface area contributed by atoms with Crippen molar-refractivity contribution in [3.63, 3.8) is 0 Å². The van der Waals surface area contributed by atoms with Crippen LogP contribution in [0.25, 0.3) is 0 Å². The van der Waals surface area contributed by atoms with Crippen LogP contribution in [0.5, 0.6) is 11.5 Å². The second-order valence-corrected chi connectivity index (χ2v) is 5.50. The Morgan fingerprint density at radius 2 is 2.10 bits per heavy atom. The van der Waals surface area contributed by atoms with E-state index in [9.17, 15) is 4.79 Å². The van der Waals surface area contributed by atoms with Gasteiger partial charge < -0.3 is 14.8 Å². The normalized spacial score (nSPS) is 13.7. The SMILES string of the molecule is O=C1NCCOc2ccc(OCc3ccccc3Br)cc21. The van der Waals surface area contributed by atoms with Crippen molar-refractivity contribution in [2.45, 2.75) is 6.61 Å². The van der Waals surface area contributed by atoms with Crippen molar-refractivity contribution in [2.24, 2.45) is 0 Å². The maximum absolute atomic E-state index is 11.9. The molecule has 0 unspecified atom stereocenters. The van der Waals surface area contributed by atoms with E-state index in [4.69, 9.17) is 9.47 Å². The number of rotatable bonds is 3. The second-order valence-electron chi connectivity index (χ2n) is 4.64. The minimum Gasteiger partial charge on any atom is -0.491 e. The summed E-state index contributed by atoms with van der Waals surface area (Å²) in [5.74, 6) is 1.11. The van der Waals surface area contributed by atoms with Gasteiger partial charge in [-0.1, -0.05) is 34.1 Å². The van der Waals surface area contributed by atoms with Gasteiger partial charge >= 0.3 is 0 Å². The molecular weight excluding hydrogens is 334 g/mol. The molecule has 1 heterocycles. The van der Waals surface area contributed by atoms with Crippen molar-refractivity contribution >= 4 is 21.8 Å². The number of benzene rings is 2. The Bertz CT molecular complexity index is 672. The Morgan fingerprint density at radius 1 is 1.24 bits per heavy atom. The first-order valence-electron chi connectivity index (χ1n) is 6.65. The molecule has 0 atom stereocenters. The third-order valence-corrected chi connectivity index (χ3v) is 3.97. The van der Waals surface area contributed by atoms with E-state index in [1.54, 1.807) is 12.1 Å². The molecule has 0 saturated heterocycles. The van der Waals surface area contributed by atoms with Crippen LogP contribution >= 0.6 is 15.9 Å². The standard InChI is InChI=1S/C16H14BrNO3/c17-14-4-2-1-3-11(14)10-21-12-5-6-15-13(9-12)16(19)18-7-8-20-15/h1-6,9H,7-8,10H2,(H,18,19). The summed E-state index contributed by atoms with van der Waals surface area (Å²) in [5.41, 5.74) is 1.56. The molecule has 0 bridgehead atoms. The average molecular weight is 348 g/mol. The van der Waals surface area contributed by atoms with Gasteiger partial charge in [-0.25, -0.2) is 0 Å². The Balaban J connectivity index is 1.78. The van der Waals surface area contributed by atoms with Gasteiger partial charge in [0.1, 0.15) is 24.7 Å². The lowest BCUT2D eigenvalue weighted by Gasteiger charge is -2.10. The molecule has 1 amide bonds. The van der Waals surface area contributed by atoms with Gasteiger partial charge in [0, 0.05) is 10.0 Å². The summed E-state index contributed by atoms with van der Waals surface area (Å²) >= 11 is 3.49. The highest BCUT2D eigenvalue weighted by atomic mass is 79.9. The molecule has 0 aliphatic carbocycles. The summed E-state index contributed by atoms with van der Waals surface area (Å²) in [4.78, 5) is 11.9. The molecule has 4 nitrogen and oxygen atoms in total. The molecule has 2 aromatic carbocycles. The minimum absolute atomic E-state index is 0.131. The molecule has 0 aromatic heterocycles. The Kier molecular flexibility index (Phi) is 4.10. The van der Waals surface area contributed by atoms with Gasteiger partial charge in [0.2, 0.25) is 0 Å². The van der Waals surface area contributed by atoms with Crippen LogP contribution in [0.2, 0.25) is 0 Å². The first kappa shape index (κ1) is 13.9. The van der Waals surface area contributed by atoms with Crippen LogP contribution in [-0.2, 0) is 6.61 Å². The molecular formula is C16H14BrNO3. The molecule has 5 heteroatoms. The first-order chi connectivity index (χ1) is 10.2. The number of carbonyl (C=O) groups is 1. The minimum atomic E-state index is -0.131. The van der Waals surface area contributed by atoms with Crippen LogP contribution in [0.1, 0.15) is 15.9 Å². The summed E-state index contributed by atoms with van der Waals surface area (Å²) in [6.45, 7) is 1.43. The zero-order chi connectivity index (χ0) is 14.7. The number of halogens is 1. The molecule has 1 aliphatic rings. The molecule has 0 fully saturated rings. The van der Waals surface area contributed by atoms with Gasteiger partial charge in [-0.05, 0) is 24.3 Å². The van der Waals surface area contributed by atoms with E-state index in [1.165, 1.54) is 0 Å². The van der Waals surface area contributed by atoms with Gasteiger partial charge in [-0.2, -0.15) is 0 Å². The number of carbonyl (C=O) groups excluding carboxylic acids is 1. The zero-order valence-electron chi connectivity index (χ0n) is 11.3. The topological polar surface area (TPSA) is 47.6 Å². The molecule has 2 aromatic rings. The first-order valence-corrected chi connectivity index (χ1v) is 7.44. The lowest BCUT2D eigenvalue weighted by Crippen LogP contribution is -2.24. The highest BCUT2D eigenvalue weighted by Gasteiger charge is 2.17. The van der Waals surface area contributed by atoms with E-state index < -0.39 is 0 Å². The van der Waals surface area contributed by atoms with Crippen LogP contribution in [-0.4, -0.2) is 19.1 Å². The van der Waals surface area contributed by atoms with E-state index >= 15 is 0 Å². The number of fused-ring (bicyclic) bond motifs is 1. The van der Waals surface area contributed by atoms with Crippen LogP contribution in [0.15, 0.2) is 46.9 Å². The smallest absolute Gasteiger partial charge is 0.255 e. The van der Waals surface area contributed by atoms with Crippen molar-refractivity contribution in [3.8, 4) is 11.5 Å². The summed E-state index contributed by atoms with van der Waals surface area (Å²) in [6.07, 6.45) is 0. The fraction of sp³-hybridized carbons (Fsp3) is 0.188. The van der Waals surface area contributed by atoms with Crippen LogP contribution in [0.4, 0.5) is 0 Å². The monoisotopic (exact) mass is 347 g/mol. The number of ether oxygens (including phenoxy) is 2. The third-order valence-electron chi connectivity index (χ3n) is 3.19. The number of hydrogen-bond acceptors (Lipinski definition) is 3. The highest BCUT2D eigenvalue weighted by Crippen LogP contribution is 2.26. The third kappa shape index (κ3) is 3.19. The van der Waals surface area contributed by atoms with E-state index in [0.717, 1.165) is 10.0 Å². The molecule has 0 spiro atoms. The fourth-order valence-corrected chi connectivity index (χ4v) is 2.50. The predicted molar refractivity (Wildman–Crippen MR) is 82.7 cm³/mol. The van der Waals surface area contributed by atoms with E-state index in [1.807, 2.05) is 30.3 Å². The average Bonchev–Trinajstić information content (AvgIpc) is 2.68. The van der Waals surface area contributed by atoms with Crippen molar-refractivity contribution < 1.29 is 14.3 Å². The molecule has 1 N–H and O–H groups in total. The van der Waals surface area contributed by atoms with Crippen molar-refractivity contribution in [1.82, 2.24) is 5.32 Å². The maximum Gasteiger partial charge on any atom is 0.255 e. The predicted octanol–water partition coefficient (Wildman–Crippen LogP) is 3.15. The largest absolute Gasteiger partial charge is 0.491 e. The van der Waals surface area contributed by atoms with E-state index in [-0.39, 0.29) is 5.91 Å². The van der Waals surface area contributed by atoms with Crippen LogP contribution in [0.3, 0.4) is 0 Å². The van der Waals surface area contributed by atoms with Crippen molar-refractivity contribution in [3.05, 3.63) is 58.1 Å². The summed E-state index contributed by atoms with van der Waals surface area (Å²) in [5, 5.41) is 2.78. The van der Waals surface area contributed by atoms with Gasteiger partial charge in [-0.15, -0.1) is 0 Å². The van der Waals surface area contributed by atoms with E-state index in [0.29, 0.717) is 36.8 Å². The van der Waals surface area contributed by atoms with Crippen LogP contribution < -0.4 is 14.8 Å². The molecule has 0 radical (unpaired) electrons. The molecule has 21 heavy (non-hydrogen) atoms. The van der Waals surface area contributed by atoms with Crippen LogP contribution in [0, 0.1) is 0 Å². The number of amides is 1. The quantitative estimate of drug-likeness (QED) is 0.927. The van der Waals surface area contributed by atoms with Gasteiger partial charge in [0.15, 0.2) is 0 Å². The Morgan fingerprint density at radius 3 is 2.95 bits per heavy atom. The lowest BCUT2D eigenvalue weighted by atomic mass is 10.1. The molecule has 3 rings (SSSR count). The lowest BCUT2D eigenvalue weighted by molar-refractivity contribution is 0.0956. The maximum atomic E-state index is 11.9. The van der Waals surface area contributed by atoms with Gasteiger partial charge in [-0.3, -0.25) is 4.79 Å².